The summed E-state index contributed by atoms with van der Waals surface area (Å²) in [5.41, 5.74) is 0. The minimum absolute atomic E-state index is 0.0565. The van der Waals surface area contributed by atoms with E-state index in [1.54, 1.807) is 7.11 Å². The molecule has 1 atom stereocenters. The van der Waals surface area contributed by atoms with Crippen LogP contribution in [0.3, 0.4) is 0 Å². The minimum Gasteiger partial charge on any atom is -0.383 e. The molecule has 0 aromatic heterocycles. The van der Waals surface area contributed by atoms with Gasteiger partial charge >= 0.3 is 0 Å². The average Bonchev–Trinajstić information content (AvgIpc) is 2.77. The molecule has 0 bridgehead atoms. The summed E-state index contributed by atoms with van der Waals surface area (Å²) in [5, 5.41) is 6.09. The van der Waals surface area contributed by atoms with Crippen LogP contribution >= 0.6 is 0 Å². The Labute approximate surface area is 104 Å². The Morgan fingerprint density at radius 3 is 2.76 bits per heavy atom. The molecular weight excluding hydrogens is 216 g/mol. The monoisotopic (exact) mass is 242 g/mol. The van der Waals surface area contributed by atoms with Gasteiger partial charge in [0, 0.05) is 13.2 Å². The Kier molecular flexibility index (Phi) is 7.21. The van der Waals surface area contributed by atoms with Gasteiger partial charge in [-0.2, -0.15) is 0 Å². The van der Waals surface area contributed by atoms with Crippen LogP contribution in [0.2, 0.25) is 0 Å². The van der Waals surface area contributed by atoms with Crippen LogP contribution in [0.4, 0.5) is 0 Å². The molecule has 4 heteroatoms. The van der Waals surface area contributed by atoms with Crippen molar-refractivity contribution in [2.75, 3.05) is 26.8 Å². The molecule has 100 valence electrons. The molecule has 2 N–H and O–H groups in total. The lowest BCUT2D eigenvalue weighted by Gasteiger charge is -2.13. The maximum atomic E-state index is 11.5. The zero-order chi connectivity index (χ0) is 12.5. The fourth-order valence-corrected chi connectivity index (χ4v) is 2.42. The van der Waals surface area contributed by atoms with Crippen molar-refractivity contribution in [2.45, 2.75) is 45.1 Å². The topological polar surface area (TPSA) is 50.4 Å². The van der Waals surface area contributed by atoms with Crippen LogP contribution in [0.5, 0.6) is 0 Å². The van der Waals surface area contributed by atoms with Gasteiger partial charge in [0.05, 0.1) is 13.2 Å². The van der Waals surface area contributed by atoms with E-state index in [0.29, 0.717) is 13.2 Å². The van der Waals surface area contributed by atoms with E-state index in [0.717, 1.165) is 12.5 Å². The molecule has 1 saturated carbocycles. The predicted octanol–water partition coefficient (Wildman–Crippen LogP) is 1.31. The van der Waals surface area contributed by atoms with E-state index in [4.69, 9.17) is 4.74 Å². The Morgan fingerprint density at radius 1 is 1.41 bits per heavy atom. The Bertz CT molecular complexity index is 215. The quantitative estimate of drug-likeness (QED) is 0.631. The third-order valence-corrected chi connectivity index (χ3v) is 3.31. The van der Waals surface area contributed by atoms with Crippen LogP contribution in [-0.2, 0) is 9.53 Å². The summed E-state index contributed by atoms with van der Waals surface area (Å²) in [6.07, 6.45) is 6.73. The van der Waals surface area contributed by atoms with Crippen molar-refractivity contribution in [1.82, 2.24) is 10.6 Å². The lowest BCUT2D eigenvalue weighted by molar-refractivity contribution is -0.121. The molecule has 0 saturated heterocycles. The molecule has 1 aliphatic rings. The molecule has 0 aliphatic heterocycles. The summed E-state index contributed by atoms with van der Waals surface area (Å²) < 4.78 is 4.96. The number of hydrogen-bond donors (Lipinski definition) is 2. The second kappa shape index (κ2) is 8.48. The number of methoxy groups -OCH3 is 1. The molecule has 17 heavy (non-hydrogen) atoms. The van der Waals surface area contributed by atoms with Gasteiger partial charge in [-0.3, -0.25) is 4.79 Å². The first kappa shape index (κ1) is 14.5. The van der Waals surface area contributed by atoms with Gasteiger partial charge in [0.2, 0.25) is 5.91 Å². The van der Waals surface area contributed by atoms with Gasteiger partial charge in [0.15, 0.2) is 0 Å². The standard InChI is InChI=1S/C13H26N2O2/c1-11(10-17-2)15-13(16)9-14-8-7-12-5-3-4-6-12/h11-12,14H,3-10H2,1-2H3,(H,15,16). The first-order valence-electron chi connectivity index (χ1n) is 6.71. The minimum atomic E-state index is 0.0565. The van der Waals surface area contributed by atoms with Gasteiger partial charge in [-0.1, -0.05) is 25.7 Å². The first-order chi connectivity index (χ1) is 8.22. The number of nitrogens with one attached hydrogen (secondary N) is 2. The van der Waals surface area contributed by atoms with E-state index < -0.39 is 0 Å². The normalized spacial score (nSPS) is 18.2. The molecule has 0 heterocycles. The molecule has 1 unspecified atom stereocenters. The van der Waals surface area contributed by atoms with E-state index in [-0.39, 0.29) is 11.9 Å². The maximum absolute atomic E-state index is 11.5. The van der Waals surface area contributed by atoms with E-state index in [1.807, 2.05) is 6.92 Å². The second-order valence-electron chi connectivity index (χ2n) is 5.04. The molecular formula is C13H26N2O2. The van der Waals surface area contributed by atoms with Crippen LogP contribution in [0.25, 0.3) is 0 Å². The summed E-state index contributed by atoms with van der Waals surface area (Å²) in [7, 11) is 1.64. The van der Waals surface area contributed by atoms with Crippen LogP contribution < -0.4 is 10.6 Å². The molecule has 1 fully saturated rings. The molecule has 0 aromatic rings. The lowest BCUT2D eigenvalue weighted by atomic mass is 10.0. The van der Waals surface area contributed by atoms with Crippen molar-refractivity contribution in [3.63, 3.8) is 0 Å². The third kappa shape index (κ3) is 6.64. The van der Waals surface area contributed by atoms with Crippen molar-refractivity contribution in [3.05, 3.63) is 0 Å². The summed E-state index contributed by atoms with van der Waals surface area (Å²) >= 11 is 0. The summed E-state index contributed by atoms with van der Waals surface area (Å²) in [4.78, 5) is 11.5. The zero-order valence-electron chi connectivity index (χ0n) is 11.1. The van der Waals surface area contributed by atoms with Crippen LogP contribution in [0.15, 0.2) is 0 Å². The van der Waals surface area contributed by atoms with E-state index in [2.05, 4.69) is 10.6 Å². The first-order valence-corrected chi connectivity index (χ1v) is 6.71. The van der Waals surface area contributed by atoms with E-state index in [1.165, 1.54) is 32.1 Å². The van der Waals surface area contributed by atoms with E-state index in [9.17, 15) is 4.79 Å². The number of carbonyl (C=O) groups excluding carboxylic acids is 1. The van der Waals surface area contributed by atoms with Crippen molar-refractivity contribution in [2.24, 2.45) is 5.92 Å². The summed E-state index contributed by atoms with van der Waals surface area (Å²) in [6.45, 7) is 3.88. The number of amides is 1. The SMILES string of the molecule is COCC(C)NC(=O)CNCCC1CCCC1. The van der Waals surface area contributed by atoms with Gasteiger partial charge < -0.3 is 15.4 Å². The number of carbonyl (C=O) groups is 1. The summed E-state index contributed by atoms with van der Waals surface area (Å²) in [6, 6.07) is 0.0872. The number of ether oxygens (including phenoxy) is 1. The van der Waals surface area contributed by atoms with Crippen LogP contribution in [-0.4, -0.2) is 38.8 Å². The highest BCUT2D eigenvalue weighted by atomic mass is 16.5. The molecule has 0 spiro atoms. The average molecular weight is 242 g/mol. The highest BCUT2D eigenvalue weighted by molar-refractivity contribution is 5.78. The van der Waals surface area contributed by atoms with Gasteiger partial charge in [0.1, 0.15) is 0 Å². The third-order valence-electron chi connectivity index (χ3n) is 3.31. The molecule has 1 rings (SSSR count). The molecule has 4 nitrogen and oxygen atoms in total. The Morgan fingerprint density at radius 2 is 2.12 bits per heavy atom. The molecule has 1 amide bonds. The maximum Gasteiger partial charge on any atom is 0.234 e. The van der Waals surface area contributed by atoms with Crippen molar-refractivity contribution >= 4 is 5.91 Å². The van der Waals surface area contributed by atoms with Crippen LogP contribution in [0.1, 0.15) is 39.0 Å². The fraction of sp³-hybridized carbons (Fsp3) is 0.923. The van der Waals surface area contributed by atoms with Gasteiger partial charge in [-0.15, -0.1) is 0 Å². The van der Waals surface area contributed by atoms with E-state index >= 15 is 0 Å². The highest BCUT2D eigenvalue weighted by Crippen LogP contribution is 2.26. The smallest absolute Gasteiger partial charge is 0.234 e. The molecule has 0 radical (unpaired) electrons. The van der Waals surface area contributed by atoms with Crippen molar-refractivity contribution < 1.29 is 9.53 Å². The fourth-order valence-electron chi connectivity index (χ4n) is 2.42. The highest BCUT2D eigenvalue weighted by Gasteiger charge is 2.14. The Hall–Kier alpha value is -0.610. The number of hydrogen-bond acceptors (Lipinski definition) is 3. The second-order valence-corrected chi connectivity index (χ2v) is 5.04. The molecule has 1 aliphatic carbocycles. The largest absolute Gasteiger partial charge is 0.383 e. The Balaban J connectivity index is 1.95. The zero-order valence-corrected chi connectivity index (χ0v) is 11.1. The summed E-state index contributed by atoms with van der Waals surface area (Å²) in [5.74, 6) is 0.943. The van der Waals surface area contributed by atoms with Crippen molar-refractivity contribution in [1.29, 1.82) is 0 Å². The predicted molar refractivity (Wildman–Crippen MR) is 68.9 cm³/mol. The van der Waals surface area contributed by atoms with Gasteiger partial charge in [-0.25, -0.2) is 0 Å². The molecule has 0 aromatic carbocycles. The lowest BCUT2D eigenvalue weighted by Crippen LogP contribution is -2.41. The number of rotatable bonds is 8. The van der Waals surface area contributed by atoms with Crippen molar-refractivity contribution in [3.8, 4) is 0 Å². The van der Waals surface area contributed by atoms with Crippen LogP contribution in [0, 0.1) is 5.92 Å². The van der Waals surface area contributed by atoms with Gasteiger partial charge in [-0.05, 0) is 25.8 Å². The van der Waals surface area contributed by atoms with Gasteiger partial charge in [0.25, 0.3) is 0 Å².